The fraction of sp³-hybridized carbons (Fsp3) is 0.500. The van der Waals surface area contributed by atoms with E-state index in [1.807, 2.05) is 13.8 Å². The lowest BCUT2D eigenvalue weighted by molar-refractivity contribution is 0.0277. The van der Waals surface area contributed by atoms with Gasteiger partial charge in [0.05, 0.1) is 12.2 Å². The van der Waals surface area contributed by atoms with Gasteiger partial charge in [-0.05, 0) is 12.0 Å². The van der Waals surface area contributed by atoms with Gasteiger partial charge in [0.25, 0.3) is 0 Å². The molecule has 0 bridgehead atoms. The Balaban J connectivity index is 2.26. The molecule has 94 valence electrons. The van der Waals surface area contributed by atoms with Crippen LogP contribution < -0.4 is 0 Å². The van der Waals surface area contributed by atoms with Crippen LogP contribution in [0.1, 0.15) is 24.2 Å². The monoisotopic (exact) mass is 241 g/mol. The Morgan fingerprint density at radius 1 is 1.47 bits per heavy atom. The van der Waals surface area contributed by atoms with Crippen LogP contribution in [0.3, 0.4) is 0 Å². The van der Waals surface area contributed by atoms with E-state index in [-0.39, 0.29) is 12.2 Å². The van der Waals surface area contributed by atoms with Crippen molar-refractivity contribution in [3.05, 3.63) is 29.8 Å². The summed E-state index contributed by atoms with van der Waals surface area (Å²) in [6.45, 7) is 5.20. The van der Waals surface area contributed by atoms with Crippen LogP contribution in [0.15, 0.2) is 18.3 Å². The van der Waals surface area contributed by atoms with E-state index in [0.717, 1.165) is 6.07 Å². The summed E-state index contributed by atoms with van der Waals surface area (Å²) in [4.78, 5) is 14.8. The largest absolute Gasteiger partial charge is 0.460 e. The molecular weight excluding hydrogens is 225 g/mol. The summed E-state index contributed by atoms with van der Waals surface area (Å²) in [5.74, 6) is -0.824. The SMILES string of the molecule is CC(C)COCCOC(=O)c1ccnc(F)c1. The third-order valence-corrected chi connectivity index (χ3v) is 1.87. The van der Waals surface area contributed by atoms with Crippen molar-refractivity contribution < 1.29 is 18.7 Å². The number of aromatic nitrogens is 1. The van der Waals surface area contributed by atoms with Gasteiger partial charge in [-0.2, -0.15) is 4.39 Å². The summed E-state index contributed by atoms with van der Waals surface area (Å²) in [6.07, 6.45) is 1.22. The molecule has 0 radical (unpaired) electrons. The van der Waals surface area contributed by atoms with E-state index in [1.54, 1.807) is 0 Å². The van der Waals surface area contributed by atoms with Gasteiger partial charge in [0.1, 0.15) is 6.61 Å². The van der Waals surface area contributed by atoms with Gasteiger partial charge in [-0.25, -0.2) is 9.78 Å². The van der Waals surface area contributed by atoms with E-state index < -0.39 is 11.9 Å². The smallest absolute Gasteiger partial charge is 0.338 e. The van der Waals surface area contributed by atoms with Gasteiger partial charge in [0.2, 0.25) is 5.95 Å². The molecule has 0 saturated heterocycles. The first-order valence-electron chi connectivity index (χ1n) is 5.46. The number of hydrogen-bond donors (Lipinski definition) is 0. The van der Waals surface area contributed by atoms with Crippen molar-refractivity contribution in [1.29, 1.82) is 0 Å². The highest BCUT2D eigenvalue weighted by atomic mass is 19.1. The molecule has 5 heteroatoms. The van der Waals surface area contributed by atoms with Crippen molar-refractivity contribution in [3.63, 3.8) is 0 Å². The van der Waals surface area contributed by atoms with Crippen LogP contribution >= 0.6 is 0 Å². The molecular formula is C12H16FNO3. The average molecular weight is 241 g/mol. The maximum absolute atomic E-state index is 12.7. The Hall–Kier alpha value is -1.49. The second-order valence-corrected chi connectivity index (χ2v) is 3.97. The van der Waals surface area contributed by atoms with Crippen molar-refractivity contribution in [2.75, 3.05) is 19.8 Å². The van der Waals surface area contributed by atoms with Crippen molar-refractivity contribution in [2.24, 2.45) is 5.92 Å². The number of ether oxygens (including phenoxy) is 2. The fourth-order valence-electron chi connectivity index (χ4n) is 1.13. The maximum Gasteiger partial charge on any atom is 0.338 e. The van der Waals surface area contributed by atoms with Crippen LogP contribution in [0.2, 0.25) is 0 Å². The number of halogens is 1. The average Bonchev–Trinajstić information content (AvgIpc) is 2.28. The first kappa shape index (κ1) is 13.6. The topological polar surface area (TPSA) is 48.4 Å². The van der Waals surface area contributed by atoms with Gasteiger partial charge >= 0.3 is 5.97 Å². The summed E-state index contributed by atoms with van der Waals surface area (Å²) in [5, 5.41) is 0. The van der Waals surface area contributed by atoms with Gasteiger partial charge in [0.15, 0.2) is 0 Å². The third kappa shape index (κ3) is 5.40. The number of carbonyl (C=O) groups is 1. The molecule has 0 aliphatic carbocycles. The Morgan fingerprint density at radius 2 is 2.24 bits per heavy atom. The summed E-state index contributed by atoms with van der Waals surface area (Å²) in [7, 11) is 0. The molecule has 1 aromatic heterocycles. The zero-order valence-corrected chi connectivity index (χ0v) is 9.98. The molecule has 0 amide bonds. The van der Waals surface area contributed by atoms with Crippen molar-refractivity contribution in [2.45, 2.75) is 13.8 Å². The lowest BCUT2D eigenvalue weighted by Crippen LogP contribution is -2.13. The minimum Gasteiger partial charge on any atom is -0.460 e. The van der Waals surface area contributed by atoms with Crippen LogP contribution in [0.4, 0.5) is 4.39 Å². The molecule has 0 aliphatic rings. The molecule has 0 atom stereocenters. The van der Waals surface area contributed by atoms with Crippen LogP contribution in [-0.2, 0) is 9.47 Å². The lowest BCUT2D eigenvalue weighted by Gasteiger charge is -2.07. The number of carbonyl (C=O) groups excluding carboxylic acids is 1. The van der Waals surface area contributed by atoms with Crippen molar-refractivity contribution >= 4 is 5.97 Å². The molecule has 0 N–H and O–H groups in total. The van der Waals surface area contributed by atoms with E-state index in [1.165, 1.54) is 12.3 Å². The molecule has 1 heterocycles. The van der Waals surface area contributed by atoms with Crippen LogP contribution in [0, 0.1) is 11.9 Å². The van der Waals surface area contributed by atoms with E-state index in [0.29, 0.717) is 19.1 Å². The van der Waals surface area contributed by atoms with Gasteiger partial charge in [-0.3, -0.25) is 0 Å². The highest BCUT2D eigenvalue weighted by molar-refractivity contribution is 5.89. The number of hydrogen-bond acceptors (Lipinski definition) is 4. The van der Waals surface area contributed by atoms with Gasteiger partial charge in [-0.1, -0.05) is 13.8 Å². The standard InChI is InChI=1S/C12H16FNO3/c1-9(2)8-16-5-6-17-12(15)10-3-4-14-11(13)7-10/h3-4,7,9H,5-6,8H2,1-2H3. The molecule has 17 heavy (non-hydrogen) atoms. The second-order valence-electron chi connectivity index (χ2n) is 3.97. The molecule has 0 saturated carbocycles. The summed E-state index contributed by atoms with van der Waals surface area (Å²) >= 11 is 0. The fourth-order valence-corrected chi connectivity index (χ4v) is 1.13. The Morgan fingerprint density at radius 3 is 2.88 bits per heavy atom. The molecule has 1 aromatic rings. The van der Waals surface area contributed by atoms with E-state index in [4.69, 9.17) is 9.47 Å². The van der Waals surface area contributed by atoms with Crippen molar-refractivity contribution in [1.82, 2.24) is 4.98 Å². The molecule has 0 aliphatic heterocycles. The van der Waals surface area contributed by atoms with Gasteiger partial charge < -0.3 is 9.47 Å². The highest BCUT2D eigenvalue weighted by Crippen LogP contribution is 2.02. The quantitative estimate of drug-likeness (QED) is 0.434. The lowest BCUT2D eigenvalue weighted by atomic mass is 10.2. The summed E-state index contributed by atoms with van der Waals surface area (Å²) < 4.78 is 22.9. The normalized spacial score (nSPS) is 10.6. The molecule has 0 unspecified atom stereocenters. The Labute approximate surface area is 99.8 Å². The minimum absolute atomic E-state index is 0.154. The van der Waals surface area contributed by atoms with Gasteiger partial charge in [0, 0.05) is 18.9 Å². The zero-order chi connectivity index (χ0) is 12.7. The molecule has 1 rings (SSSR count). The number of nitrogens with zero attached hydrogens (tertiary/aromatic N) is 1. The van der Waals surface area contributed by atoms with Gasteiger partial charge in [-0.15, -0.1) is 0 Å². The first-order valence-corrected chi connectivity index (χ1v) is 5.46. The Kier molecular flexibility index (Phi) is 5.56. The molecule has 0 spiro atoms. The zero-order valence-electron chi connectivity index (χ0n) is 9.98. The first-order chi connectivity index (χ1) is 8.09. The minimum atomic E-state index is -0.699. The maximum atomic E-state index is 12.7. The summed E-state index contributed by atoms with van der Waals surface area (Å²) in [5.41, 5.74) is 0.154. The summed E-state index contributed by atoms with van der Waals surface area (Å²) in [6, 6.07) is 2.44. The van der Waals surface area contributed by atoms with Crippen LogP contribution in [0.5, 0.6) is 0 Å². The molecule has 0 aromatic carbocycles. The highest BCUT2D eigenvalue weighted by Gasteiger charge is 2.08. The third-order valence-electron chi connectivity index (χ3n) is 1.87. The number of pyridine rings is 1. The molecule has 4 nitrogen and oxygen atoms in total. The predicted molar refractivity (Wildman–Crippen MR) is 60.1 cm³/mol. The van der Waals surface area contributed by atoms with E-state index in [9.17, 15) is 9.18 Å². The second kappa shape index (κ2) is 6.96. The van der Waals surface area contributed by atoms with Crippen LogP contribution in [0.25, 0.3) is 0 Å². The van der Waals surface area contributed by atoms with E-state index >= 15 is 0 Å². The van der Waals surface area contributed by atoms with Crippen LogP contribution in [-0.4, -0.2) is 30.8 Å². The number of rotatable bonds is 6. The van der Waals surface area contributed by atoms with E-state index in [2.05, 4.69) is 4.98 Å². The Bertz CT molecular complexity index is 369. The number of esters is 1. The van der Waals surface area contributed by atoms with Crippen molar-refractivity contribution in [3.8, 4) is 0 Å². The predicted octanol–water partition coefficient (Wildman–Crippen LogP) is 2.05. The molecule has 0 fully saturated rings.